The fourth-order valence-electron chi connectivity index (χ4n) is 2.08. The van der Waals surface area contributed by atoms with Gasteiger partial charge in [-0.3, -0.25) is 4.99 Å². The molecule has 0 aromatic heterocycles. The lowest BCUT2D eigenvalue weighted by Gasteiger charge is -2.17. The largest absolute Gasteiger partial charge is 0.356 e. The summed E-state index contributed by atoms with van der Waals surface area (Å²) >= 11 is 0. The van der Waals surface area contributed by atoms with E-state index in [0.717, 1.165) is 18.5 Å². The van der Waals surface area contributed by atoms with Crippen LogP contribution in [0.2, 0.25) is 0 Å². The highest BCUT2D eigenvalue weighted by atomic mass is 32.2. The molecule has 0 fully saturated rings. The van der Waals surface area contributed by atoms with Crippen molar-refractivity contribution in [2.24, 2.45) is 4.99 Å². The number of sulfonamides is 1. The molecule has 130 valence electrons. The summed E-state index contributed by atoms with van der Waals surface area (Å²) in [5.74, 6) is 0.679. The SMILES string of the molecule is CCCCCNC(=NC)NCc1ccccc1S(=O)(=O)N(C)C. The van der Waals surface area contributed by atoms with Gasteiger partial charge in [0.05, 0.1) is 4.90 Å². The van der Waals surface area contributed by atoms with Crippen LogP contribution in [-0.2, 0) is 16.6 Å². The zero-order valence-corrected chi connectivity index (χ0v) is 15.3. The van der Waals surface area contributed by atoms with Gasteiger partial charge in [0.25, 0.3) is 0 Å². The third-order valence-corrected chi connectivity index (χ3v) is 5.39. The Hall–Kier alpha value is -1.60. The van der Waals surface area contributed by atoms with Crippen LogP contribution in [0.4, 0.5) is 0 Å². The molecule has 0 aliphatic carbocycles. The molecule has 0 bridgehead atoms. The van der Waals surface area contributed by atoms with E-state index < -0.39 is 10.0 Å². The average molecular weight is 340 g/mol. The Morgan fingerprint density at radius 3 is 2.48 bits per heavy atom. The van der Waals surface area contributed by atoms with E-state index >= 15 is 0 Å². The molecule has 1 rings (SSSR count). The van der Waals surface area contributed by atoms with Gasteiger partial charge in [-0.15, -0.1) is 0 Å². The van der Waals surface area contributed by atoms with Crippen LogP contribution in [-0.4, -0.2) is 46.4 Å². The lowest BCUT2D eigenvalue weighted by atomic mass is 10.2. The van der Waals surface area contributed by atoms with E-state index in [1.165, 1.54) is 31.2 Å². The molecule has 1 aromatic rings. The van der Waals surface area contributed by atoms with Crippen LogP contribution in [0.25, 0.3) is 0 Å². The van der Waals surface area contributed by atoms with Gasteiger partial charge in [-0.2, -0.15) is 0 Å². The number of hydrogen-bond acceptors (Lipinski definition) is 3. The van der Waals surface area contributed by atoms with Gasteiger partial charge in [0, 0.05) is 34.2 Å². The van der Waals surface area contributed by atoms with Crippen molar-refractivity contribution < 1.29 is 8.42 Å². The lowest BCUT2D eigenvalue weighted by molar-refractivity contribution is 0.519. The molecule has 0 saturated carbocycles. The monoisotopic (exact) mass is 340 g/mol. The molecule has 0 unspecified atom stereocenters. The standard InChI is InChI=1S/C16H28N4O2S/c1-5-6-9-12-18-16(17-2)19-13-14-10-7-8-11-15(14)23(21,22)20(3)4/h7-8,10-11H,5-6,9,12-13H2,1-4H3,(H2,17,18,19). The molecule has 6 nitrogen and oxygen atoms in total. The van der Waals surface area contributed by atoms with E-state index in [-0.39, 0.29) is 0 Å². The smallest absolute Gasteiger partial charge is 0.242 e. The Morgan fingerprint density at radius 1 is 1.17 bits per heavy atom. The van der Waals surface area contributed by atoms with Gasteiger partial charge in [-0.05, 0) is 18.1 Å². The van der Waals surface area contributed by atoms with E-state index in [4.69, 9.17) is 0 Å². The third-order valence-electron chi connectivity index (χ3n) is 3.47. The van der Waals surface area contributed by atoms with Crippen LogP contribution < -0.4 is 10.6 Å². The Kier molecular flexibility index (Phi) is 8.05. The maximum absolute atomic E-state index is 12.4. The number of unbranched alkanes of at least 4 members (excludes halogenated alkanes) is 2. The Balaban J connectivity index is 2.75. The average Bonchev–Trinajstić information content (AvgIpc) is 2.54. The molecule has 0 heterocycles. The van der Waals surface area contributed by atoms with Gasteiger partial charge in [0.15, 0.2) is 5.96 Å². The molecule has 0 atom stereocenters. The summed E-state index contributed by atoms with van der Waals surface area (Å²) in [6, 6.07) is 7.01. The molecule has 0 amide bonds. The molecule has 1 aromatic carbocycles. The Labute approximate surface area is 140 Å². The fraction of sp³-hybridized carbons (Fsp3) is 0.562. The molecule has 0 radical (unpaired) electrons. The summed E-state index contributed by atoms with van der Waals surface area (Å²) in [4.78, 5) is 4.48. The second-order valence-corrected chi connectivity index (χ2v) is 7.58. The predicted molar refractivity (Wildman–Crippen MR) is 95.0 cm³/mol. The molecule has 0 saturated heterocycles. The first-order valence-electron chi connectivity index (χ1n) is 7.88. The lowest BCUT2D eigenvalue weighted by Crippen LogP contribution is -2.37. The highest BCUT2D eigenvalue weighted by Gasteiger charge is 2.20. The van der Waals surface area contributed by atoms with Gasteiger partial charge in [-0.1, -0.05) is 38.0 Å². The molecular weight excluding hydrogens is 312 g/mol. The number of aliphatic imine (C=N–C) groups is 1. The van der Waals surface area contributed by atoms with Crippen LogP contribution >= 0.6 is 0 Å². The topological polar surface area (TPSA) is 73.8 Å². The van der Waals surface area contributed by atoms with Crippen molar-refractivity contribution in [2.45, 2.75) is 37.6 Å². The first-order chi connectivity index (χ1) is 10.9. The second-order valence-electron chi connectivity index (χ2n) is 5.45. The minimum absolute atomic E-state index is 0.318. The summed E-state index contributed by atoms with van der Waals surface area (Å²) < 4.78 is 26.0. The van der Waals surface area contributed by atoms with Gasteiger partial charge < -0.3 is 10.6 Å². The maximum atomic E-state index is 12.4. The minimum atomic E-state index is -3.45. The molecule has 23 heavy (non-hydrogen) atoms. The number of guanidine groups is 1. The van der Waals surface area contributed by atoms with Crippen LogP contribution in [0, 0.1) is 0 Å². The van der Waals surface area contributed by atoms with Crippen molar-refractivity contribution in [2.75, 3.05) is 27.7 Å². The van der Waals surface area contributed by atoms with Crippen molar-refractivity contribution in [3.05, 3.63) is 29.8 Å². The molecule has 2 N–H and O–H groups in total. The van der Waals surface area contributed by atoms with Crippen molar-refractivity contribution in [3.8, 4) is 0 Å². The summed E-state index contributed by atoms with van der Waals surface area (Å²) in [7, 11) is 1.32. The van der Waals surface area contributed by atoms with Gasteiger partial charge >= 0.3 is 0 Å². The van der Waals surface area contributed by atoms with Crippen molar-refractivity contribution in [1.29, 1.82) is 0 Å². The summed E-state index contributed by atoms with van der Waals surface area (Å²) in [6.07, 6.45) is 3.43. The summed E-state index contributed by atoms with van der Waals surface area (Å²) in [6.45, 7) is 3.41. The molecule has 0 spiro atoms. The number of nitrogens with one attached hydrogen (secondary N) is 2. The van der Waals surface area contributed by atoms with Crippen molar-refractivity contribution in [1.82, 2.24) is 14.9 Å². The second kappa shape index (κ2) is 9.52. The van der Waals surface area contributed by atoms with E-state index in [2.05, 4.69) is 22.5 Å². The molecular formula is C16H28N4O2S. The van der Waals surface area contributed by atoms with Gasteiger partial charge in [0.2, 0.25) is 10.0 Å². The van der Waals surface area contributed by atoms with Gasteiger partial charge in [0.1, 0.15) is 0 Å². The molecule has 7 heteroatoms. The highest BCUT2D eigenvalue weighted by Crippen LogP contribution is 2.18. The predicted octanol–water partition coefficient (Wildman–Crippen LogP) is 1.79. The van der Waals surface area contributed by atoms with E-state index in [9.17, 15) is 8.42 Å². The van der Waals surface area contributed by atoms with E-state index in [1.807, 2.05) is 12.1 Å². The zero-order chi connectivity index (χ0) is 17.3. The van der Waals surface area contributed by atoms with E-state index in [0.29, 0.717) is 17.4 Å². The van der Waals surface area contributed by atoms with Crippen molar-refractivity contribution in [3.63, 3.8) is 0 Å². The van der Waals surface area contributed by atoms with E-state index in [1.54, 1.807) is 19.2 Å². The normalized spacial score (nSPS) is 12.5. The number of rotatable bonds is 8. The Bertz CT molecular complexity index is 612. The number of hydrogen-bond donors (Lipinski definition) is 2. The quantitative estimate of drug-likeness (QED) is 0.430. The summed E-state index contributed by atoms with van der Waals surface area (Å²) in [5.41, 5.74) is 0.720. The van der Waals surface area contributed by atoms with Crippen LogP contribution in [0.5, 0.6) is 0 Å². The highest BCUT2D eigenvalue weighted by molar-refractivity contribution is 7.89. The number of nitrogens with zero attached hydrogens (tertiary/aromatic N) is 2. The summed E-state index contributed by atoms with van der Waals surface area (Å²) in [5, 5.41) is 6.40. The molecule has 0 aliphatic rings. The zero-order valence-electron chi connectivity index (χ0n) is 14.5. The third kappa shape index (κ3) is 5.84. The first-order valence-corrected chi connectivity index (χ1v) is 9.32. The van der Waals surface area contributed by atoms with Crippen LogP contribution in [0.15, 0.2) is 34.2 Å². The molecule has 0 aliphatic heterocycles. The van der Waals surface area contributed by atoms with Crippen LogP contribution in [0.1, 0.15) is 31.7 Å². The minimum Gasteiger partial charge on any atom is -0.356 e. The number of benzene rings is 1. The van der Waals surface area contributed by atoms with Crippen molar-refractivity contribution >= 4 is 16.0 Å². The maximum Gasteiger partial charge on any atom is 0.242 e. The fourth-order valence-corrected chi connectivity index (χ4v) is 3.20. The first kappa shape index (κ1) is 19.4. The van der Waals surface area contributed by atoms with Crippen LogP contribution in [0.3, 0.4) is 0 Å². The van der Waals surface area contributed by atoms with Gasteiger partial charge in [-0.25, -0.2) is 12.7 Å². The Morgan fingerprint density at radius 2 is 1.87 bits per heavy atom.